The van der Waals surface area contributed by atoms with E-state index in [2.05, 4.69) is 34.6 Å². The molecule has 0 aromatic rings. The molecule has 19 heavy (non-hydrogen) atoms. The zero-order valence-electron chi connectivity index (χ0n) is 13.0. The first kappa shape index (κ1) is 14.8. The molecular formula is C16H29NO2. The van der Waals surface area contributed by atoms with Gasteiger partial charge in [-0.1, -0.05) is 34.6 Å². The number of rotatable bonds is 4. The number of esters is 1. The smallest absolute Gasteiger partial charge is 0.323 e. The third-order valence-corrected chi connectivity index (χ3v) is 6.00. The molecule has 0 amide bonds. The molecule has 2 fully saturated rings. The summed E-state index contributed by atoms with van der Waals surface area (Å²) in [6.45, 7) is 11.1. The molecule has 0 spiro atoms. The number of fused-ring (bicyclic) bond motifs is 2. The maximum atomic E-state index is 12.1. The van der Waals surface area contributed by atoms with Gasteiger partial charge in [0.05, 0.1) is 0 Å². The summed E-state index contributed by atoms with van der Waals surface area (Å²) in [5.74, 6) is 0.912. The van der Waals surface area contributed by atoms with Crippen molar-refractivity contribution in [3.8, 4) is 0 Å². The van der Waals surface area contributed by atoms with Crippen LogP contribution in [0.15, 0.2) is 0 Å². The lowest BCUT2D eigenvalue weighted by Gasteiger charge is -2.38. The molecule has 2 rings (SSSR count). The van der Waals surface area contributed by atoms with Crippen LogP contribution in [0.3, 0.4) is 0 Å². The Morgan fingerprint density at radius 2 is 2.00 bits per heavy atom. The Labute approximate surface area is 117 Å². The number of hydrogen-bond donors (Lipinski definition) is 1. The van der Waals surface area contributed by atoms with Crippen LogP contribution < -0.4 is 5.73 Å². The van der Waals surface area contributed by atoms with Gasteiger partial charge in [0.2, 0.25) is 0 Å². The van der Waals surface area contributed by atoms with Crippen molar-refractivity contribution in [2.75, 3.05) is 0 Å². The third kappa shape index (κ3) is 2.31. The lowest BCUT2D eigenvalue weighted by atomic mass is 9.70. The molecule has 0 aromatic heterocycles. The van der Waals surface area contributed by atoms with Gasteiger partial charge in [0.15, 0.2) is 0 Å². The number of hydrogen-bond acceptors (Lipinski definition) is 3. The Morgan fingerprint density at radius 1 is 1.37 bits per heavy atom. The van der Waals surface area contributed by atoms with Gasteiger partial charge >= 0.3 is 5.97 Å². The molecule has 0 saturated heterocycles. The molecule has 2 aliphatic rings. The first-order valence-corrected chi connectivity index (χ1v) is 7.64. The SMILES string of the molecule is CC(C)CC(N)C(=O)OC1CC2CCC1(C)C2(C)C. The Balaban J connectivity index is 2.00. The summed E-state index contributed by atoms with van der Waals surface area (Å²) in [4.78, 5) is 12.1. The number of ether oxygens (including phenoxy) is 1. The van der Waals surface area contributed by atoms with Gasteiger partial charge in [-0.15, -0.1) is 0 Å². The van der Waals surface area contributed by atoms with Crippen LogP contribution in [-0.4, -0.2) is 18.1 Å². The second-order valence-electron chi connectivity index (χ2n) is 7.77. The maximum Gasteiger partial charge on any atom is 0.323 e. The van der Waals surface area contributed by atoms with Gasteiger partial charge in [0.1, 0.15) is 12.1 Å². The fourth-order valence-corrected chi connectivity index (χ4v) is 4.14. The van der Waals surface area contributed by atoms with Gasteiger partial charge in [-0.2, -0.15) is 0 Å². The summed E-state index contributed by atoms with van der Waals surface area (Å²) in [6, 6.07) is -0.467. The van der Waals surface area contributed by atoms with Crippen LogP contribution in [0.25, 0.3) is 0 Å². The van der Waals surface area contributed by atoms with E-state index in [1.165, 1.54) is 12.8 Å². The van der Waals surface area contributed by atoms with E-state index in [9.17, 15) is 4.79 Å². The molecule has 2 N–H and O–H groups in total. The largest absolute Gasteiger partial charge is 0.461 e. The molecule has 0 aromatic carbocycles. The summed E-state index contributed by atoms with van der Waals surface area (Å²) in [6.07, 6.45) is 4.23. The lowest BCUT2D eigenvalue weighted by molar-refractivity contribution is -0.158. The van der Waals surface area contributed by atoms with Crippen LogP contribution >= 0.6 is 0 Å². The Bertz CT molecular complexity index is 364. The zero-order valence-corrected chi connectivity index (χ0v) is 13.0. The normalized spacial score (nSPS) is 37.6. The second kappa shape index (κ2) is 4.76. The van der Waals surface area contributed by atoms with E-state index in [-0.39, 0.29) is 22.9 Å². The second-order valence-corrected chi connectivity index (χ2v) is 7.77. The van der Waals surface area contributed by atoms with Crippen LogP contribution in [-0.2, 0) is 9.53 Å². The van der Waals surface area contributed by atoms with Gasteiger partial charge in [-0.05, 0) is 42.9 Å². The molecule has 4 unspecified atom stereocenters. The van der Waals surface area contributed by atoms with Crippen LogP contribution in [0, 0.1) is 22.7 Å². The van der Waals surface area contributed by atoms with Crippen molar-refractivity contribution in [1.82, 2.24) is 0 Å². The third-order valence-electron chi connectivity index (χ3n) is 6.00. The monoisotopic (exact) mass is 267 g/mol. The number of carbonyl (C=O) groups is 1. The van der Waals surface area contributed by atoms with Crippen molar-refractivity contribution in [1.29, 1.82) is 0 Å². The van der Waals surface area contributed by atoms with Crippen molar-refractivity contribution in [3.05, 3.63) is 0 Å². The van der Waals surface area contributed by atoms with Crippen LogP contribution in [0.4, 0.5) is 0 Å². The summed E-state index contributed by atoms with van der Waals surface area (Å²) in [5, 5.41) is 0. The van der Waals surface area contributed by atoms with Crippen molar-refractivity contribution < 1.29 is 9.53 Å². The van der Waals surface area contributed by atoms with Crippen LogP contribution in [0.5, 0.6) is 0 Å². The molecule has 0 heterocycles. The van der Waals surface area contributed by atoms with E-state index in [1.807, 2.05) is 0 Å². The average molecular weight is 267 g/mol. The minimum atomic E-state index is -0.467. The van der Waals surface area contributed by atoms with Crippen molar-refractivity contribution in [2.45, 2.75) is 72.4 Å². The van der Waals surface area contributed by atoms with Crippen LogP contribution in [0.1, 0.15) is 60.3 Å². The molecular weight excluding hydrogens is 238 g/mol. The highest BCUT2D eigenvalue weighted by Gasteiger charge is 2.62. The van der Waals surface area contributed by atoms with Gasteiger partial charge in [-0.3, -0.25) is 4.79 Å². The predicted molar refractivity (Wildman–Crippen MR) is 76.5 cm³/mol. The first-order chi connectivity index (χ1) is 8.68. The Hall–Kier alpha value is -0.570. The molecule has 2 bridgehead atoms. The fraction of sp³-hybridized carbons (Fsp3) is 0.938. The molecule has 2 aliphatic carbocycles. The molecule has 3 nitrogen and oxygen atoms in total. The molecule has 3 heteroatoms. The minimum Gasteiger partial charge on any atom is -0.461 e. The summed E-state index contributed by atoms with van der Waals surface area (Å²) in [7, 11) is 0. The highest BCUT2D eigenvalue weighted by molar-refractivity contribution is 5.75. The van der Waals surface area contributed by atoms with Crippen molar-refractivity contribution in [3.63, 3.8) is 0 Å². The van der Waals surface area contributed by atoms with Crippen LogP contribution in [0.2, 0.25) is 0 Å². The molecule has 0 aliphatic heterocycles. The Morgan fingerprint density at radius 3 is 2.42 bits per heavy atom. The van der Waals surface area contributed by atoms with Gasteiger partial charge in [-0.25, -0.2) is 0 Å². The summed E-state index contributed by atoms with van der Waals surface area (Å²) >= 11 is 0. The van der Waals surface area contributed by atoms with Gasteiger partial charge in [0, 0.05) is 5.41 Å². The molecule has 4 atom stereocenters. The highest BCUT2D eigenvalue weighted by Crippen LogP contribution is 2.66. The molecule has 2 saturated carbocycles. The van der Waals surface area contributed by atoms with E-state index in [4.69, 9.17) is 10.5 Å². The standard InChI is InChI=1S/C16H29NO2/c1-10(2)8-12(17)14(18)19-13-9-11-6-7-16(13,5)15(11,3)4/h10-13H,6-9,17H2,1-5H3. The summed E-state index contributed by atoms with van der Waals surface area (Å²) < 4.78 is 5.78. The highest BCUT2D eigenvalue weighted by atomic mass is 16.5. The first-order valence-electron chi connectivity index (χ1n) is 7.64. The van der Waals surface area contributed by atoms with Gasteiger partial charge < -0.3 is 10.5 Å². The van der Waals surface area contributed by atoms with Gasteiger partial charge in [0.25, 0.3) is 0 Å². The molecule has 0 radical (unpaired) electrons. The lowest BCUT2D eigenvalue weighted by Crippen LogP contribution is -2.42. The summed E-state index contributed by atoms with van der Waals surface area (Å²) in [5.41, 5.74) is 6.34. The van der Waals surface area contributed by atoms with E-state index in [0.717, 1.165) is 6.42 Å². The average Bonchev–Trinajstić information content (AvgIpc) is 2.61. The van der Waals surface area contributed by atoms with Crippen molar-refractivity contribution >= 4 is 5.97 Å². The van der Waals surface area contributed by atoms with E-state index >= 15 is 0 Å². The Kier molecular flexibility index (Phi) is 3.72. The van der Waals surface area contributed by atoms with Crippen molar-refractivity contribution in [2.24, 2.45) is 28.4 Å². The number of carbonyl (C=O) groups excluding carboxylic acids is 1. The maximum absolute atomic E-state index is 12.1. The minimum absolute atomic E-state index is 0.0620. The van der Waals surface area contributed by atoms with E-state index in [0.29, 0.717) is 18.3 Å². The fourth-order valence-electron chi connectivity index (χ4n) is 4.14. The zero-order chi connectivity index (χ0) is 14.4. The quantitative estimate of drug-likeness (QED) is 0.796. The van der Waals surface area contributed by atoms with E-state index in [1.54, 1.807) is 0 Å². The molecule has 110 valence electrons. The van der Waals surface area contributed by atoms with E-state index < -0.39 is 6.04 Å². The topological polar surface area (TPSA) is 52.3 Å². The number of nitrogens with two attached hydrogens (primary N) is 1. The predicted octanol–water partition coefficient (Wildman–Crippen LogP) is 3.12.